The van der Waals surface area contributed by atoms with Crippen LogP contribution in [-0.4, -0.2) is 37.2 Å². The summed E-state index contributed by atoms with van der Waals surface area (Å²) in [6, 6.07) is 0. The van der Waals surface area contributed by atoms with Crippen LogP contribution in [-0.2, 0) is 28.6 Å². The summed E-state index contributed by atoms with van der Waals surface area (Å²) in [7, 11) is 0. The van der Waals surface area contributed by atoms with Crippen molar-refractivity contribution in [2.75, 3.05) is 13.2 Å². The molecule has 0 heterocycles. The Morgan fingerprint density at radius 2 is 0.719 bits per heavy atom. The quantitative estimate of drug-likeness (QED) is 0.0205. The maximum atomic E-state index is 12.7. The highest BCUT2D eigenvalue weighted by atomic mass is 16.6. The predicted molar refractivity (Wildman–Crippen MR) is 242 cm³/mol. The molecular formula is C51H78O6. The van der Waals surface area contributed by atoms with E-state index in [0.29, 0.717) is 25.7 Å². The third kappa shape index (κ3) is 42.8. The van der Waals surface area contributed by atoms with E-state index in [1.54, 1.807) is 0 Å². The van der Waals surface area contributed by atoms with Gasteiger partial charge in [-0.2, -0.15) is 0 Å². The molecule has 0 rings (SSSR count). The topological polar surface area (TPSA) is 78.9 Å². The maximum Gasteiger partial charge on any atom is 0.306 e. The Hall–Kier alpha value is -4.19. The van der Waals surface area contributed by atoms with E-state index in [9.17, 15) is 14.4 Å². The molecular weight excluding hydrogens is 709 g/mol. The molecule has 0 N–H and O–H groups in total. The Balaban J connectivity index is 4.56. The highest BCUT2D eigenvalue weighted by Crippen LogP contribution is 2.11. The summed E-state index contributed by atoms with van der Waals surface area (Å²) in [5.41, 5.74) is 0. The fraction of sp³-hybridized carbons (Fsp3) is 0.549. The molecule has 0 amide bonds. The van der Waals surface area contributed by atoms with Crippen LogP contribution in [0, 0.1) is 0 Å². The van der Waals surface area contributed by atoms with E-state index >= 15 is 0 Å². The summed E-state index contributed by atoms with van der Waals surface area (Å²) in [5.74, 6) is -1.04. The van der Waals surface area contributed by atoms with Gasteiger partial charge in [-0.05, 0) is 103 Å². The van der Waals surface area contributed by atoms with Crippen molar-refractivity contribution >= 4 is 17.9 Å². The molecule has 0 aromatic rings. The number of unbranched alkanes of at least 4 members (excludes halogenated alkanes) is 9. The number of hydrogen-bond acceptors (Lipinski definition) is 6. The molecule has 1 atom stereocenters. The SMILES string of the molecule is CC\C=C/C=C\C=C/C=C\CCCCCCCC(=O)OCC(COC(=O)CCCC/C=C\C/C=C\C/C=C\CC)OC(=O)CCCC/C=C\C/C=C\C/C=C\CC. The summed E-state index contributed by atoms with van der Waals surface area (Å²) < 4.78 is 16.6. The van der Waals surface area contributed by atoms with Crippen molar-refractivity contribution in [2.24, 2.45) is 0 Å². The zero-order chi connectivity index (χ0) is 41.5. The highest BCUT2D eigenvalue weighted by Gasteiger charge is 2.19. The molecule has 0 aliphatic heterocycles. The smallest absolute Gasteiger partial charge is 0.306 e. The molecule has 0 spiro atoms. The molecule has 318 valence electrons. The van der Waals surface area contributed by atoms with Crippen LogP contribution in [0.15, 0.2) is 122 Å². The van der Waals surface area contributed by atoms with Crippen molar-refractivity contribution in [3.8, 4) is 0 Å². The van der Waals surface area contributed by atoms with Gasteiger partial charge in [0.15, 0.2) is 6.10 Å². The molecule has 0 aliphatic rings. The second-order valence-electron chi connectivity index (χ2n) is 13.9. The Kier molecular flexibility index (Phi) is 41.3. The van der Waals surface area contributed by atoms with E-state index in [1.807, 2.05) is 24.3 Å². The zero-order valence-electron chi connectivity index (χ0n) is 36.0. The molecule has 0 aliphatic carbocycles. The third-order valence-corrected chi connectivity index (χ3v) is 8.54. The van der Waals surface area contributed by atoms with Crippen LogP contribution < -0.4 is 0 Å². The molecule has 0 bridgehead atoms. The van der Waals surface area contributed by atoms with Crippen molar-refractivity contribution < 1.29 is 28.6 Å². The summed E-state index contributed by atoms with van der Waals surface area (Å²) in [6.07, 6.45) is 60.4. The Labute approximate surface area is 348 Å². The number of allylic oxidation sites excluding steroid dienone is 20. The molecule has 0 aromatic carbocycles. The number of rotatable bonds is 37. The molecule has 0 fully saturated rings. The predicted octanol–water partition coefficient (Wildman–Crippen LogP) is 14.2. The van der Waals surface area contributed by atoms with Crippen LogP contribution in [0.1, 0.15) is 162 Å². The number of hydrogen-bond donors (Lipinski definition) is 0. The first-order valence-corrected chi connectivity index (χ1v) is 22.1. The molecule has 6 heteroatoms. The molecule has 0 radical (unpaired) electrons. The summed E-state index contributed by atoms with van der Waals surface area (Å²) in [4.78, 5) is 37.7. The van der Waals surface area contributed by atoms with Gasteiger partial charge in [-0.25, -0.2) is 0 Å². The van der Waals surface area contributed by atoms with Gasteiger partial charge in [0.05, 0.1) is 0 Å². The average Bonchev–Trinajstić information content (AvgIpc) is 3.21. The lowest BCUT2D eigenvalue weighted by Gasteiger charge is -2.18. The second-order valence-corrected chi connectivity index (χ2v) is 13.9. The van der Waals surface area contributed by atoms with Crippen molar-refractivity contribution in [3.63, 3.8) is 0 Å². The van der Waals surface area contributed by atoms with Crippen LogP contribution >= 0.6 is 0 Å². The van der Waals surface area contributed by atoms with E-state index in [-0.39, 0.29) is 37.5 Å². The van der Waals surface area contributed by atoms with Gasteiger partial charge < -0.3 is 14.2 Å². The fourth-order valence-electron chi connectivity index (χ4n) is 5.30. The third-order valence-electron chi connectivity index (χ3n) is 8.54. The molecule has 0 aromatic heterocycles. The lowest BCUT2D eigenvalue weighted by atomic mass is 10.1. The molecule has 1 unspecified atom stereocenters. The van der Waals surface area contributed by atoms with E-state index < -0.39 is 6.10 Å². The largest absolute Gasteiger partial charge is 0.462 e. The lowest BCUT2D eigenvalue weighted by Crippen LogP contribution is -2.30. The van der Waals surface area contributed by atoms with E-state index in [1.165, 1.54) is 0 Å². The fourth-order valence-corrected chi connectivity index (χ4v) is 5.30. The first-order chi connectivity index (χ1) is 28.0. The Bertz CT molecular complexity index is 1270. The Morgan fingerprint density at radius 3 is 1.23 bits per heavy atom. The van der Waals surface area contributed by atoms with Crippen LogP contribution in [0.3, 0.4) is 0 Å². The minimum atomic E-state index is -0.825. The molecule has 6 nitrogen and oxygen atoms in total. The van der Waals surface area contributed by atoms with Crippen molar-refractivity contribution in [1.29, 1.82) is 0 Å². The maximum absolute atomic E-state index is 12.7. The van der Waals surface area contributed by atoms with Crippen LogP contribution in [0.25, 0.3) is 0 Å². The van der Waals surface area contributed by atoms with E-state index in [4.69, 9.17) is 14.2 Å². The number of carbonyl (C=O) groups excluding carboxylic acids is 3. The number of ether oxygens (including phenoxy) is 3. The minimum absolute atomic E-state index is 0.123. The van der Waals surface area contributed by atoms with Gasteiger partial charge in [-0.1, -0.05) is 162 Å². The van der Waals surface area contributed by atoms with E-state index in [0.717, 1.165) is 109 Å². The van der Waals surface area contributed by atoms with Crippen LogP contribution in [0.5, 0.6) is 0 Å². The van der Waals surface area contributed by atoms with Gasteiger partial charge in [0, 0.05) is 19.3 Å². The Morgan fingerprint density at radius 1 is 0.368 bits per heavy atom. The molecule has 0 saturated carbocycles. The molecule has 0 saturated heterocycles. The van der Waals surface area contributed by atoms with Gasteiger partial charge in [0.2, 0.25) is 0 Å². The summed E-state index contributed by atoms with van der Waals surface area (Å²) in [5, 5.41) is 0. The van der Waals surface area contributed by atoms with Gasteiger partial charge in [0.25, 0.3) is 0 Å². The van der Waals surface area contributed by atoms with Crippen LogP contribution in [0.4, 0.5) is 0 Å². The first kappa shape index (κ1) is 52.8. The van der Waals surface area contributed by atoms with Crippen molar-refractivity contribution in [1.82, 2.24) is 0 Å². The number of carbonyl (C=O) groups is 3. The highest BCUT2D eigenvalue weighted by molar-refractivity contribution is 5.71. The van der Waals surface area contributed by atoms with Gasteiger partial charge in [-0.15, -0.1) is 0 Å². The number of esters is 3. The van der Waals surface area contributed by atoms with Gasteiger partial charge >= 0.3 is 17.9 Å². The minimum Gasteiger partial charge on any atom is -0.462 e. The summed E-state index contributed by atoms with van der Waals surface area (Å²) in [6.45, 7) is 6.13. The van der Waals surface area contributed by atoms with Crippen LogP contribution in [0.2, 0.25) is 0 Å². The molecule has 57 heavy (non-hydrogen) atoms. The standard InChI is InChI=1S/C51H78O6/c1-4-7-10-13-16-19-22-25-26-27-30-32-35-38-41-44-50(53)56-47-48(57-51(54)45-42-39-36-33-29-24-21-18-15-12-9-6-3)46-55-49(52)43-40-37-34-31-28-23-20-17-14-11-8-5-2/h7-13,16-22,25-26,28-29,31,33,48H,4-6,14-15,23-24,27,30,32,34-47H2,1-3H3/b10-7-,11-8-,12-9-,16-13-,20-17-,21-18-,22-19-,26-25-,31-28-,33-29-. The first-order valence-electron chi connectivity index (χ1n) is 22.1. The monoisotopic (exact) mass is 787 g/mol. The average molecular weight is 787 g/mol. The van der Waals surface area contributed by atoms with Crippen molar-refractivity contribution in [3.05, 3.63) is 122 Å². The lowest BCUT2D eigenvalue weighted by molar-refractivity contribution is -0.167. The second kappa shape index (κ2) is 44.5. The van der Waals surface area contributed by atoms with Gasteiger partial charge in [0.1, 0.15) is 13.2 Å². The zero-order valence-corrected chi connectivity index (χ0v) is 36.0. The van der Waals surface area contributed by atoms with Crippen molar-refractivity contribution in [2.45, 2.75) is 168 Å². The van der Waals surface area contributed by atoms with E-state index in [2.05, 4.69) is 118 Å². The normalized spacial score (nSPS) is 13.2. The van der Waals surface area contributed by atoms with Gasteiger partial charge in [-0.3, -0.25) is 14.4 Å². The summed E-state index contributed by atoms with van der Waals surface area (Å²) >= 11 is 0.